The van der Waals surface area contributed by atoms with Crippen LogP contribution in [0.1, 0.15) is 31.2 Å². The van der Waals surface area contributed by atoms with Crippen LogP contribution in [0.5, 0.6) is 0 Å². The number of hydrogen-bond donors (Lipinski definition) is 2. The lowest BCUT2D eigenvalue weighted by Gasteiger charge is -2.36. The molecule has 0 unspecified atom stereocenters. The van der Waals surface area contributed by atoms with E-state index < -0.39 is 11.5 Å². The number of benzene rings is 1. The quantitative estimate of drug-likeness (QED) is 0.785. The maximum atomic E-state index is 13.1. The zero-order chi connectivity index (χ0) is 18.3. The van der Waals surface area contributed by atoms with Crippen LogP contribution >= 0.6 is 0 Å². The molecule has 1 spiro atoms. The van der Waals surface area contributed by atoms with Gasteiger partial charge in [-0.3, -0.25) is 19.3 Å². The molecule has 4 rings (SSSR count). The maximum absolute atomic E-state index is 13.1. The van der Waals surface area contributed by atoms with Crippen LogP contribution in [0.15, 0.2) is 24.3 Å². The van der Waals surface area contributed by atoms with E-state index in [9.17, 15) is 14.4 Å². The third kappa shape index (κ3) is 2.34. The number of hydrogen-bond acceptors (Lipinski definition) is 5. The van der Waals surface area contributed by atoms with Gasteiger partial charge in [0.1, 0.15) is 5.54 Å². The number of para-hydroxylation sites is 1. The summed E-state index contributed by atoms with van der Waals surface area (Å²) in [5.74, 6) is -1.11. The molecule has 2 N–H and O–H groups in total. The molecular weight excluding hydrogens is 334 g/mol. The summed E-state index contributed by atoms with van der Waals surface area (Å²) in [7, 11) is 1.32. The number of nitrogens with zero attached hydrogens (tertiary/aromatic N) is 1. The number of methoxy groups -OCH3 is 1. The minimum atomic E-state index is -0.937. The van der Waals surface area contributed by atoms with E-state index in [1.807, 2.05) is 24.3 Å². The number of esters is 1. The van der Waals surface area contributed by atoms with Crippen molar-refractivity contribution in [3.05, 3.63) is 29.8 Å². The van der Waals surface area contributed by atoms with Gasteiger partial charge in [-0.05, 0) is 31.9 Å². The molecule has 3 aliphatic rings. The minimum Gasteiger partial charge on any atom is -0.469 e. The summed E-state index contributed by atoms with van der Waals surface area (Å²) in [6.45, 7) is 1.03. The molecule has 1 aromatic rings. The number of fused-ring (bicyclic) bond motifs is 4. The monoisotopic (exact) mass is 357 g/mol. The van der Waals surface area contributed by atoms with E-state index in [1.165, 1.54) is 7.11 Å². The Morgan fingerprint density at radius 1 is 1.38 bits per heavy atom. The molecule has 2 fully saturated rings. The molecule has 3 aliphatic heterocycles. The highest BCUT2D eigenvalue weighted by atomic mass is 16.5. The molecule has 0 bridgehead atoms. The maximum Gasteiger partial charge on any atom is 0.307 e. The Bertz CT molecular complexity index is 765. The van der Waals surface area contributed by atoms with E-state index in [4.69, 9.17) is 0 Å². The minimum absolute atomic E-state index is 0.115. The highest BCUT2D eigenvalue weighted by molar-refractivity contribution is 6.09. The van der Waals surface area contributed by atoms with Gasteiger partial charge in [0.25, 0.3) is 0 Å². The fraction of sp³-hybridized carbons (Fsp3) is 0.526. The molecule has 3 atom stereocenters. The Labute approximate surface area is 152 Å². The van der Waals surface area contributed by atoms with Gasteiger partial charge in [-0.1, -0.05) is 18.2 Å². The molecule has 1 aromatic carbocycles. The molecule has 2 amide bonds. The molecular formula is C19H23N3O4. The lowest BCUT2D eigenvalue weighted by atomic mass is 9.78. The number of nitrogens with one attached hydrogen (secondary N) is 2. The zero-order valence-corrected chi connectivity index (χ0v) is 14.8. The second-order valence-electron chi connectivity index (χ2n) is 7.16. The fourth-order valence-electron chi connectivity index (χ4n) is 4.89. The van der Waals surface area contributed by atoms with Gasteiger partial charge in [0.05, 0.1) is 19.4 Å². The second-order valence-corrected chi connectivity index (χ2v) is 7.16. The van der Waals surface area contributed by atoms with Crippen molar-refractivity contribution < 1.29 is 19.1 Å². The van der Waals surface area contributed by atoms with Crippen LogP contribution < -0.4 is 10.6 Å². The van der Waals surface area contributed by atoms with E-state index in [0.717, 1.165) is 30.6 Å². The van der Waals surface area contributed by atoms with E-state index in [1.54, 1.807) is 0 Å². The van der Waals surface area contributed by atoms with Crippen molar-refractivity contribution >= 4 is 23.5 Å². The van der Waals surface area contributed by atoms with Gasteiger partial charge in [0.2, 0.25) is 11.8 Å². The molecule has 26 heavy (non-hydrogen) atoms. The first kappa shape index (κ1) is 17.0. The summed E-state index contributed by atoms with van der Waals surface area (Å²) < 4.78 is 4.61. The first-order valence-electron chi connectivity index (χ1n) is 9.11. The summed E-state index contributed by atoms with van der Waals surface area (Å²) in [4.78, 5) is 39.6. The van der Waals surface area contributed by atoms with Gasteiger partial charge in [-0.25, -0.2) is 0 Å². The number of rotatable bonds is 4. The van der Waals surface area contributed by atoms with Crippen LogP contribution in [-0.4, -0.2) is 48.9 Å². The Morgan fingerprint density at radius 2 is 2.19 bits per heavy atom. The van der Waals surface area contributed by atoms with Gasteiger partial charge in [0.15, 0.2) is 0 Å². The average molecular weight is 357 g/mol. The van der Waals surface area contributed by atoms with Crippen LogP contribution in [0.3, 0.4) is 0 Å². The van der Waals surface area contributed by atoms with Crippen LogP contribution in [-0.2, 0) is 24.7 Å². The second kappa shape index (κ2) is 6.39. The Hall–Kier alpha value is -2.41. The summed E-state index contributed by atoms with van der Waals surface area (Å²) in [5.41, 5.74) is 0.743. The molecule has 0 aromatic heterocycles. The number of amides is 2. The van der Waals surface area contributed by atoms with Crippen molar-refractivity contribution in [3.63, 3.8) is 0 Å². The number of carbonyl (C=O) groups is 3. The van der Waals surface area contributed by atoms with Gasteiger partial charge < -0.3 is 15.4 Å². The van der Waals surface area contributed by atoms with Gasteiger partial charge in [0, 0.05) is 23.8 Å². The zero-order valence-electron chi connectivity index (χ0n) is 14.8. The Morgan fingerprint density at radius 3 is 3.00 bits per heavy atom. The summed E-state index contributed by atoms with van der Waals surface area (Å²) in [5, 5.41) is 5.81. The molecule has 0 radical (unpaired) electrons. The first-order valence-corrected chi connectivity index (χ1v) is 9.11. The first-order chi connectivity index (χ1) is 12.6. The highest BCUT2D eigenvalue weighted by Crippen LogP contribution is 2.55. The molecule has 2 saturated heterocycles. The normalized spacial score (nSPS) is 29.3. The van der Waals surface area contributed by atoms with E-state index >= 15 is 0 Å². The lowest BCUT2D eigenvalue weighted by molar-refractivity contribution is -0.141. The van der Waals surface area contributed by atoms with E-state index in [2.05, 4.69) is 20.3 Å². The fourth-order valence-corrected chi connectivity index (χ4v) is 4.89. The Balaban J connectivity index is 1.65. The predicted molar refractivity (Wildman–Crippen MR) is 94.2 cm³/mol. The number of ether oxygens (including phenoxy) is 1. The third-order valence-electron chi connectivity index (χ3n) is 5.95. The van der Waals surface area contributed by atoms with Crippen LogP contribution in [0.2, 0.25) is 0 Å². The topological polar surface area (TPSA) is 87.7 Å². The predicted octanol–water partition coefficient (Wildman–Crippen LogP) is 0.998. The van der Waals surface area contributed by atoms with Crippen LogP contribution in [0.4, 0.5) is 5.69 Å². The number of carbonyl (C=O) groups excluding carboxylic acids is 3. The Kier molecular flexibility index (Phi) is 4.19. The largest absolute Gasteiger partial charge is 0.469 e. The van der Waals surface area contributed by atoms with Crippen molar-refractivity contribution in [2.24, 2.45) is 5.92 Å². The summed E-state index contributed by atoms with van der Waals surface area (Å²) >= 11 is 0. The molecule has 0 aliphatic carbocycles. The molecule has 138 valence electrons. The highest BCUT2D eigenvalue weighted by Gasteiger charge is 2.65. The van der Waals surface area contributed by atoms with Crippen molar-refractivity contribution in [1.29, 1.82) is 0 Å². The van der Waals surface area contributed by atoms with Crippen LogP contribution in [0.25, 0.3) is 0 Å². The summed E-state index contributed by atoms with van der Waals surface area (Å²) in [6, 6.07) is 7.87. The van der Waals surface area contributed by atoms with E-state index in [0.29, 0.717) is 6.42 Å². The summed E-state index contributed by atoms with van der Waals surface area (Å²) in [6.07, 6.45) is 2.82. The molecule has 7 nitrogen and oxygen atoms in total. The van der Waals surface area contributed by atoms with Crippen molar-refractivity contribution in [2.75, 3.05) is 25.5 Å². The van der Waals surface area contributed by atoms with E-state index in [-0.39, 0.29) is 36.8 Å². The van der Waals surface area contributed by atoms with Crippen molar-refractivity contribution in [1.82, 2.24) is 10.2 Å². The van der Waals surface area contributed by atoms with Gasteiger partial charge in [-0.15, -0.1) is 0 Å². The average Bonchev–Trinajstić information content (AvgIpc) is 3.29. The SMILES string of the molecule is COC(=O)CCNC(=O)[C@@H]1C[C@H]2CCCN2[C@]12C(=O)Nc1ccccc12. The van der Waals surface area contributed by atoms with Crippen molar-refractivity contribution in [3.8, 4) is 0 Å². The number of anilines is 1. The lowest BCUT2D eigenvalue weighted by Crippen LogP contribution is -2.54. The van der Waals surface area contributed by atoms with Gasteiger partial charge >= 0.3 is 5.97 Å². The standard InChI is InChI=1S/C19H23N3O4/c1-26-16(23)8-9-20-17(24)14-11-12-5-4-10-22(12)19(14)13-6-2-3-7-15(13)21-18(19)25/h2-3,6-7,12,14H,4-5,8-11H2,1H3,(H,20,24)(H,21,25)/t12-,14+,19+/m1/s1. The molecule has 0 saturated carbocycles. The van der Waals surface area contributed by atoms with Crippen LogP contribution in [0, 0.1) is 5.92 Å². The molecule has 3 heterocycles. The third-order valence-corrected chi connectivity index (χ3v) is 5.95. The van der Waals surface area contributed by atoms with Gasteiger partial charge in [-0.2, -0.15) is 0 Å². The molecule has 7 heteroatoms. The van der Waals surface area contributed by atoms with Crippen molar-refractivity contribution in [2.45, 2.75) is 37.3 Å². The smallest absolute Gasteiger partial charge is 0.307 e.